The van der Waals surface area contributed by atoms with Crippen LogP contribution in [0.5, 0.6) is 5.75 Å². The molecule has 0 saturated heterocycles. The maximum absolute atomic E-state index is 12.0. The van der Waals surface area contributed by atoms with Gasteiger partial charge in [0, 0.05) is 5.56 Å². The van der Waals surface area contributed by atoms with Gasteiger partial charge in [0.05, 0.1) is 12.8 Å². The Kier molecular flexibility index (Phi) is 4.77. The number of ether oxygens (including phenoxy) is 2. The molecule has 2 N–H and O–H groups in total. The molecule has 2 aromatic rings. The molecule has 22 heavy (non-hydrogen) atoms. The molecule has 1 heterocycles. The van der Waals surface area contributed by atoms with Crippen LogP contribution in [0.15, 0.2) is 24.3 Å². The summed E-state index contributed by atoms with van der Waals surface area (Å²) in [5.41, 5.74) is 6.51. The number of thiazole rings is 1. The summed E-state index contributed by atoms with van der Waals surface area (Å²) in [5, 5.41) is 0.693. The summed E-state index contributed by atoms with van der Waals surface area (Å²) in [5.74, 6) is -0.543. The molecule has 0 saturated carbocycles. The van der Waals surface area contributed by atoms with E-state index >= 15 is 0 Å². The fourth-order valence-corrected chi connectivity index (χ4v) is 2.67. The van der Waals surface area contributed by atoms with Crippen molar-refractivity contribution in [1.29, 1.82) is 0 Å². The number of nitrogens with zero attached hydrogens (tertiary/aromatic N) is 1. The predicted molar refractivity (Wildman–Crippen MR) is 82.9 cm³/mol. The fraction of sp³-hybridized carbons (Fsp3) is 0.267. The number of esters is 1. The second-order valence-corrected chi connectivity index (χ2v) is 5.61. The lowest BCUT2D eigenvalue weighted by Gasteiger charge is -2.08. The van der Waals surface area contributed by atoms with E-state index in [0.29, 0.717) is 15.6 Å². The molecule has 0 radical (unpaired) electrons. The summed E-state index contributed by atoms with van der Waals surface area (Å²) in [4.78, 5) is 27.7. The van der Waals surface area contributed by atoms with Gasteiger partial charge in [0.2, 0.25) is 0 Å². The number of primary amides is 1. The molecule has 2 rings (SSSR count). The highest BCUT2D eigenvalue weighted by atomic mass is 32.1. The normalized spacial score (nSPS) is 11.8. The van der Waals surface area contributed by atoms with Crippen molar-refractivity contribution in [1.82, 2.24) is 4.98 Å². The Balaban J connectivity index is 2.23. The molecule has 0 fully saturated rings. The van der Waals surface area contributed by atoms with Gasteiger partial charge >= 0.3 is 5.97 Å². The number of aryl methyl sites for hydroxylation is 1. The highest BCUT2D eigenvalue weighted by Crippen LogP contribution is 2.29. The van der Waals surface area contributed by atoms with Crippen LogP contribution in [0.3, 0.4) is 0 Å². The summed E-state index contributed by atoms with van der Waals surface area (Å²) in [6.07, 6.45) is -0.974. The van der Waals surface area contributed by atoms with E-state index in [1.165, 1.54) is 18.3 Å². The van der Waals surface area contributed by atoms with Crippen molar-refractivity contribution in [3.63, 3.8) is 0 Å². The van der Waals surface area contributed by atoms with Gasteiger partial charge in [-0.1, -0.05) is 0 Å². The Labute approximate surface area is 131 Å². The van der Waals surface area contributed by atoms with Crippen molar-refractivity contribution < 1.29 is 19.1 Å². The molecule has 1 aromatic heterocycles. The number of carbonyl (C=O) groups is 2. The zero-order valence-corrected chi connectivity index (χ0v) is 13.3. The smallest absolute Gasteiger partial charge is 0.351 e. The lowest BCUT2D eigenvalue weighted by Crippen LogP contribution is -2.30. The number of hydrogen-bond acceptors (Lipinski definition) is 6. The first-order valence-electron chi connectivity index (χ1n) is 6.54. The second kappa shape index (κ2) is 6.57. The van der Waals surface area contributed by atoms with Crippen molar-refractivity contribution in [3.8, 4) is 16.3 Å². The van der Waals surface area contributed by atoms with E-state index in [4.69, 9.17) is 15.2 Å². The summed E-state index contributed by atoms with van der Waals surface area (Å²) < 4.78 is 10.1. The van der Waals surface area contributed by atoms with E-state index < -0.39 is 18.0 Å². The summed E-state index contributed by atoms with van der Waals surface area (Å²) >= 11 is 1.21. The highest BCUT2D eigenvalue weighted by molar-refractivity contribution is 7.17. The van der Waals surface area contributed by atoms with Crippen LogP contribution in [0.4, 0.5) is 0 Å². The van der Waals surface area contributed by atoms with Crippen LogP contribution < -0.4 is 10.5 Å². The molecule has 0 aliphatic heterocycles. The summed E-state index contributed by atoms with van der Waals surface area (Å²) in [6, 6.07) is 7.36. The van der Waals surface area contributed by atoms with Gasteiger partial charge in [0.25, 0.3) is 5.91 Å². The molecule has 0 aliphatic carbocycles. The number of carbonyl (C=O) groups excluding carboxylic acids is 2. The maximum atomic E-state index is 12.0. The zero-order chi connectivity index (χ0) is 16.3. The number of hydrogen-bond donors (Lipinski definition) is 1. The number of amides is 1. The molecular formula is C15H16N2O4S. The van der Waals surface area contributed by atoms with Gasteiger partial charge in [-0.3, -0.25) is 4.79 Å². The molecule has 0 bridgehead atoms. The minimum atomic E-state index is -0.974. The first kappa shape index (κ1) is 16.0. The van der Waals surface area contributed by atoms with E-state index in [1.807, 2.05) is 24.3 Å². The minimum Gasteiger partial charge on any atom is -0.497 e. The number of benzene rings is 1. The van der Waals surface area contributed by atoms with Gasteiger partial charge < -0.3 is 15.2 Å². The molecule has 116 valence electrons. The Bertz CT molecular complexity index is 694. The maximum Gasteiger partial charge on any atom is 0.351 e. The van der Waals surface area contributed by atoms with E-state index in [0.717, 1.165) is 11.3 Å². The Morgan fingerprint density at radius 3 is 2.45 bits per heavy atom. The van der Waals surface area contributed by atoms with Crippen LogP contribution in [0.2, 0.25) is 0 Å². The Morgan fingerprint density at radius 1 is 1.27 bits per heavy atom. The van der Waals surface area contributed by atoms with Crippen molar-refractivity contribution in [2.75, 3.05) is 7.11 Å². The van der Waals surface area contributed by atoms with Gasteiger partial charge in [-0.05, 0) is 38.1 Å². The van der Waals surface area contributed by atoms with E-state index in [1.54, 1.807) is 14.0 Å². The molecule has 6 nitrogen and oxygen atoms in total. The third kappa shape index (κ3) is 3.43. The van der Waals surface area contributed by atoms with Crippen LogP contribution >= 0.6 is 11.3 Å². The second-order valence-electron chi connectivity index (χ2n) is 4.61. The van der Waals surface area contributed by atoms with E-state index in [2.05, 4.69) is 4.98 Å². The lowest BCUT2D eigenvalue weighted by atomic mass is 10.2. The van der Waals surface area contributed by atoms with Gasteiger partial charge in [-0.25, -0.2) is 9.78 Å². The number of rotatable bonds is 5. The first-order chi connectivity index (χ1) is 10.4. The van der Waals surface area contributed by atoms with Crippen LogP contribution in [0.25, 0.3) is 10.6 Å². The van der Waals surface area contributed by atoms with Gasteiger partial charge in [-0.2, -0.15) is 0 Å². The summed E-state index contributed by atoms with van der Waals surface area (Å²) in [7, 11) is 1.59. The van der Waals surface area contributed by atoms with Crippen LogP contribution in [-0.2, 0) is 9.53 Å². The topological polar surface area (TPSA) is 91.5 Å². The molecule has 1 amide bonds. The van der Waals surface area contributed by atoms with Crippen molar-refractivity contribution >= 4 is 23.2 Å². The molecule has 1 aromatic carbocycles. The van der Waals surface area contributed by atoms with Crippen LogP contribution in [-0.4, -0.2) is 30.1 Å². The standard InChI is InChI=1S/C15H16N2O4S/c1-8-12(15(19)21-9(2)13(16)18)22-14(17-8)10-4-6-11(20-3)7-5-10/h4-7,9H,1-3H3,(H2,16,18)/t9-/m0/s1. The highest BCUT2D eigenvalue weighted by Gasteiger charge is 2.21. The van der Waals surface area contributed by atoms with Crippen LogP contribution in [0, 0.1) is 6.92 Å². The van der Waals surface area contributed by atoms with Gasteiger partial charge in [0.15, 0.2) is 6.10 Å². The Hall–Kier alpha value is -2.41. The average molecular weight is 320 g/mol. The molecule has 0 unspecified atom stereocenters. The molecular weight excluding hydrogens is 304 g/mol. The monoisotopic (exact) mass is 320 g/mol. The van der Waals surface area contributed by atoms with Crippen molar-refractivity contribution in [2.45, 2.75) is 20.0 Å². The van der Waals surface area contributed by atoms with Crippen LogP contribution in [0.1, 0.15) is 22.3 Å². The van der Waals surface area contributed by atoms with E-state index in [-0.39, 0.29) is 0 Å². The van der Waals surface area contributed by atoms with E-state index in [9.17, 15) is 9.59 Å². The summed E-state index contributed by atoms with van der Waals surface area (Å²) in [6.45, 7) is 3.15. The molecule has 0 spiro atoms. The number of aromatic nitrogens is 1. The molecule has 0 aliphatic rings. The van der Waals surface area contributed by atoms with Crippen molar-refractivity contribution in [3.05, 3.63) is 34.8 Å². The van der Waals surface area contributed by atoms with Gasteiger partial charge in [0.1, 0.15) is 15.6 Å². The lowest BCUT2D eigenvalue weighted by molar-refractivity contribution is -0.125. The molecule has 1 atom stereocenters. The number of methoxy groups -OCH3 is 1. The minimum absolute atomic E-state index is 0.360. The molecule has 7 heteroatoms. The predicted octanol–water partition coefficient (Wildman–Crippen LogP) is 2.16. The first-order valence-corrected chi connectivity index (χ1v) is 7.36. The fourth-order valence-electron chi connectivity index (χ4n) is 1.72. The largest absolute Gasteiger partial charge is 0.497 e. The number of nitrogens with two attached hydrogens (primary N) is 1. The zero-order valence-electron chi connectivity index (χ0n) is 12.5. The average Bonchev–Trinajstić information content (AvgIpc) is 2.89. The van der Waals surface area contributed by atoms with Crippen molar-refractivity contribution in [2.24, 2.45) is 5.73 Å². The third-order valence-electron chi connectivity index (χ3n) is 3.00. The SMILES string of the molecule is COc1ccc(-c2nc(C)c(C(=O)O[C@@H](C)C(N)=O)s2)cc1. The quantitative estimate of drug-likeness (QED) is 0.852. The third-order valence-corrected chi connectivity index (χ3v) is 4.19. The Morgan fingerprint density at radius 2 is 1.91 bits per heavy atom. The van der Waals surface area contributed by atoms with Gasteiger partial charge in [-0.15, -0.1) is 11.3 Å².